The van der Waals surface area contributed by atoms with Crippen molar-refractivity contribution >= 4 is 29.5 Å². The molecule has 0 bridgehead atoms. The van der Waals surface area contributed by atoms with Crippen LogP contribution in [0.3, 0.4) is 0 Å². The molecule has 0 radical (unpaired) electrons. The Kier molecular flexibility index (Phi) is 9.24. The summed E-state index contributed by atoms with van der Waals surface area (Å²) >= 11 is 0. The summed E-state index contributed by atoms with van der Waals surface area (Å²) in [6.07, 6.45) is -0.592. The van der Waals surface area contributed by atoms with Crippen LogP contribution in [0.4, 0.5) is 4.79 Å². The van der Waals surface area contributed by atoms with Crippen molar-refractivity contribution in [2.45, 2.75) is 71.2 Å². The molecular weight excluding hydrogens is 550 g/mol. The Hall–Kier alpha value is -4.25. The number of benzene rings is 2. The van der Waals surface area contributed by atoms with Crippen LogP contribution >= 0.6 is 0 Å². The molecule has 1 saturated heterocycles. The van der Waals surface area contributed by atoms with Crippen molar-refractivity contribution in [2.24, 2.45) is 10.5 Å². The second-order valence-electron chi connectivity index (χ2n) is 12.7. The highest BCUT2D eigenvalue weighted by atomic mass is 16.5. The van der Waals surface area contributed by atoms with Crippen LogP contribution in [0.5, 0.6) is 0 Å². The number of nitrogens with zero attached hydrogens (tertiary/aromatic N) is 3. The molecule has 4 rings (SSSR count). The molecule has 2 unspecified atom stereocenters. The fraction of sp³-hybridized carbons (Fsp3) is 0.469. The van der Waals surface area contributed by atoms with Crippen molar-refractivity contribution in [3.63, 3.8) is 0 Å². The van der Waals surface area contributed by atoms with E-state index in [2.05, 4.69) is 10.6 Å². The standard InChI is InChI=1S/C32H41N5O6/c1-30(2,3)37-28(40)32(18-22-12-8-6-9-13-22)21-36(17-16-25(32)35-37)26(38)24(20-43-19-23-14-10-7-11-15-23)33-27(39)31(4,5)34-29(41)42/h6-15,24,34H,16-21H2,1-5H3,(H,33,39)(H,41,42). The Bertz CT molecular complexity index is 1370. The van der Waals surface area contributed by atoms with Gasteiger partial charge in [0, 0.05) is 19.5 Å². The largest absolute Gasteiger partial charge is 0.465 e. The van der Waals surface area contributed by atoms with Crippen molar-refractivity contribution in [2.75, 3.05) is 19.7 Å². The van der Waals surface area contributed by atoms with Gasteiger partial charge < -0.3 is 25.4 Å². The lowest BCUT2D eigenvalue weighted by Crippen LogP contribution is -2.63. The molecular formula is C32H41N5O6. The molecule has 0 spiro atoms. The van der Waals surface area contributed by atoms with E-state index in [1.165, 1.54) is 18.9 Å². The number of carbonyl (C=O) groups excluding carboxylic acids is 3. The summed E-state index contributed by atoms with van der Waals surface area (Å²) in [6, 6.07) is 18.0. The zero-order valence-electron chi connectivity index (χ0n) is 25.4. The summed E-state index contributed by atoms with van der Waals surface area (Å²) in [4.78, 5) is 54.3. The first-order chi connectivity index (χ1) is 20.2. The SMILES string of the molecule is CC(C)(NC(=O)O)C(=O)NC(COCc1ccccc1)C(=O)N1CCC2=NN(C(C)(C)C)C(=O)C2(Cc2ccccc2)C1. The fourth-order valence-electron chi connectivity index (χ4n) is 5.43. The zero-order valence-corrected chi connectivity index (χ0v) is 25.4. The number of piperidine rings is 1. The number of carboxylic acid groups (broad SMARTS) is 1. The predicted molar refractivity (Wildman–Crippen MR) is 161 cm³/mol. The Morgan fingerprint density at radius 1 is 1.00 bits per heavy atom. The molecule has 230 valence electrons. The number of fused-ring (bicyclic) bond motifs is 1. The average Bonchev–Trinajstić information content (AvgIpc) is 3.24. The van der Waals surface area contributed by atoms with E-state index < -0.39 is 40.4 Å². The topological polar surface area (TPSA) is 141 Å². The van der Waals surface area contributed by atoms with E-state index in [4.69, 9.17) is 9.84 Å². The molecule has 0 aromatic heterocycles. The minimum Gasteiger partial charge on any atom is -0.465 e. The molecule has 11 heteroatoms. The van der Waals surface area contributed by atoms with Gasteiger partial charge in [0.1, 0.15) is 17.0 Å². The van der Waals surface area contributed by atoms with Crippen molar-refractivity contribution in [3.8, 4) is 0 Å². The highest BCUT2D eigenvalue weighted by Crippen LogP contribution is 2.41. The molecule has 3 N–H and O–H groups in total. The summed E-state index contributed by atoms with van der Waals surface area (Å²) in [5.41, 5.74) is -0.516. The number of hydrazone groups is 1. The van der Waals surface area contributed by atoms with Gasteiger partial charge in [-0.25, -0.2) is 9.80 Å². The van der Waals surface area contributed by atoms with Crippen LogP contribution in [0.2, 0.25) is 0 Å². The number of ether oxygens (including phenoxy) is 1. The number of carbonyl (C=O) groups is 4. The van der Waals surface area contributed by atoms with Crippen LogP contribution in [0, 0.1) is 5.41 Å². The minimum absolute atomic E-state index is 0.0901. The highest BCUT2D eigenvalue weighted by Gasteiger charge is 2.56. The molecule has 2 heterocycles. The number of amides is 4. The molecule has 4 amide bonds. The molecule has 0 aliphatic carbocycles. The third-order valence-corrected chi connectivity index (χ3v) is 7.74. The van der Waals surface area contributed by atoms with Gasteiger partial charge in [-0.1, -0.05) is 60.7 Å². The molecule has 11 nitrogen and oxygen atoms in total. The summed E-state index contributed by atoms with van der Waals surface area (Å²) in [5.74, 6) is -1.25. The number of rotatable bonds is 10. The van der Waals surface area contributed by atoms with E-state index in [0.29, 0.717) is 19.4 Å². The summed E-state index contributed by atoms with van der Waals surface area (Å²) in [7, 11) is 0. The third-order valence-electron chi connectivity index (χ3n) is 7.74. The Labute approximate surface area is 252 Å². The highest BCUT2D eigenvalue weighted by molar-refractivity contribution is 6.14. The van der Waals surface area contributed by atoms with E-state index in [1.54, 1.807) is 4.90 Å². The zero-order chi connectivity index (χ0) is 31.4. The number of likely N-dealkylation sites (tertiary alicyclic amines) is 1. The molecule has 2 aromatic rings. The van der Waals surface area contributed by atoms with Crippen LogP contribution in [0.1, 0.15) is 52.2 Å². The molecule has 2 aromatic carbocycles. The molecule has 0 saturated carbocycles. The Balaban J connectivity index is 1.60. The van der Waals surface area contributed by atoms with Crippen molar-refractivity contribution in [1.82, 2.24) is 20.5 Å². The van der Waals surface area contributed by atoms with Gasteiger partial charge in [-0.05, 0) is 52.2 Å². The van der Waals surface area contributed by atoms with Crippen LogP contribution in [0.25, 0.3) is 0 Å². The second kappa shape index (κ2) is 12.5. The average molecular weight is 592 g/mol. The van der Waals surface area contributed by atoms with Gasteiger partial charge in [0.2, 0.25) is 11.8 Å². The van der Waals surface area contributed by atoms with Gasteiger partial charge >= 0.3 is 6.09 Å². The first-order valence-electron chi connectivity index (χ1n) is 14.4. The maximum absolute atomic E-state index is 14.1. The third kappa shape index (κ3) is 7.22. The van der Waals surface area contributed by atoms with Crippen LogP contribution < -0.4 is 10.6 Å². The Morgan fingerprint density at radius 2 is 1.60 bits per heavy atom. The van der Waals surface area contributed by atoms with Crippen LogP contribution in [-0.2, 0) is 32.1 Å². The lowest BCUT2D eigenvalue weighted by Gasteiger charge is -2.41. The van der Waals surface area contributed by atoms with Crippen molar-refractivity contribution in [3.05, 3.63) is 71.8 Å². The quantitative estimate of drug-likeness (QED) is 0.388. The van der Waals surface area contributed by atoms with Gasteiger partial charge in [-0.3, -0.25) is 14.4 Å². The van der Waals surface area contributed by atoms with E-state index in [-0.39, 0.29) is 25.7 Å². The number of hydrogen-bond donors (Lipinski definition) is 3. The molecule has 1 fully saturated rings. The molecule has 2 atom stereocenters. The fourth-order valence-corrected chi connectivity index (χ4v) is 5.43. The summed E-state index contributed by atoms with van der Waals surface area (Å²) < 4.78 is 5.88. The lowest BCUT2D eigenvalue weighted by atomic mass is 9.73. The number of hydrogen-bond acceptors (Lipinski definition) is 6. The van der Waals surface area contributed by atoms with Crippen molar-refractivity contribution < 1.29 is 29.0 Å². The molecule has 2 aliphatic rings. The summed E-state index contributed by atoms with van der Waals surface area (Å²) in [6.45, 7) is 9.07. The van der Waals surface area contributed by atoms with E-state index >= 15 is 0 Å². The smallest absolute Gasteiger partial charge is 0.405 e. The van der Waals surface area contributed by atoms with E-state index in [0.717, 1.165) is 16.8 Å². The van der Waals surface area contributed by atoms with E-state index in [1.807, 2.05) is 81.4 Å². The molecule has 43 heavy (non-hydrogen) atoms. The maximum atomic E-state index is 14.1. The molecule has 2 aliphatic heterocycles. The van der Waals surface area contributed by atoms with Gasteiger partial charge in [-0.2, -0.15) is 5.10 Å². The number of nitrogens with one attached hydrogen (secondary N) is 2. The first-order valence-corrected chi connectivity index (χ1v) is 14.4. The predicted octanol–water partition coefficient (Wildman–Crippen LogP) is 3.19. The lowest BCUT2D eigenvalue weighted by molar-refractivity contribution is -0.146. The first kappa shape index (κ1) is 31.7. The second-order valence-corrected chi connectivity index (χ2v) is 12.7. The van der Waals surface area contributed by atoms with Gasteiger partial charge in [0.25, 0.3) is 5.91 Å². The minimum atomic E-state index is -1.51. The normalized spacial score (nSPS) is 19.4. The Morgan fingerprint density at radius 3 is 2.19 bits per heavy atom. The summed E-state index contributed by atoms with van der Waals surface area (Å²) in [5, 5.41) is 20.4. The van der Waals surface area contributed by atoms with Gasteiger partial charge in [0.05, 0.1) is 24.5 Å². The van der Waals surface area contributed by atoms with Crippen LogP contribution in [0.15, 0.2) is 65.8 Å². The monoisotopic (exact) mass is 591 g/mol. The maximum Gasteiger partial charge on any atom is 0.405 e. The van der Waals surface area contributed by atoms with Crippen molar-refractivity contribution in [1.29, 1.82) is 0 Å². The van der Waals surface area contributed by atoms with Crippen LogP contribution in [-0.4, -0.2) is 81.4 Å². The van der Waals surface area contributed by atoms with Gasteiger partial charge in [-0.15, -0.1) is 0 Å². The van der Waals surface area contributed by atoms with E-state index in [9.17, 15) is 24.3 Å². The van der Waals surface area contributed by atoms with Gasteiger partial charge in [0.15, 0.2) is 0 Å².